The van der Waals surface area contributed by atoms with Gasteiger partial charge in [0.2, 0.25) is 0 Å². The lowest BCUT2D eigenvalue weighted by molar-refractivity contribution is 0.110. The summed E-state index contributed by atoms with van der Waals surface area (Å²) < 4.78 is 2.00. The Labute approximate surface area is 174 Å². The van der Waals surface area contributed by atoms with E-state index in [0.29, 0.717) is 12.8 Å². The molecule has 0 aliphatic heterocycles. The van der Waals surface area contributed by atoms with Crippen molar-refractivity contribution in [2.24, 2.45) is 5.92 Å². The largest absolute Gasteiger partial charge is 0.400 e. The Morgan fingerprint density at radius 1 is 1.21 bits per heavy atom. The molecule has 0 bridgehead atoms. The summed E-state index contributed by atoms with van der Waals surface area (Å²) in [5.41, 5.74) is 4.41. The molecule has 0 atom stereocenters. The molecule has 29 heavy (non-hydrogen) atoms. The molecule has 2 heterocycles. The number of aliphatic hydroxyl groups excluding tert-OH is 1. The quantitative estimate of drug-likeness (QED) is 0.657. The van der Waals surface area contributed by atoms with Gasteiger partial charge in [0, 0.05) is 24.5 Å². The van der Waals surface area contributed by atoms with Crippen molar-refractivity contribution < 1.29 is 5.11 Å². The van der Waals surface area contributed by atoms with E-state index in [1.807, 2.05) is 10.7 Å². The van der Waals surface area contributed by atoms with Crippen LogP contribution < -0.4 is 10.3 Å². The van der Waals surface area contributed by atoms with E-state index in [4.69, 9.17) is 4.98 Å². The van der Waals surface area contributed by atoms with E-state index in [-0.39, 0.29) is 6.10 Å². The summed E-state index contributed by atoms with van der Waals surface area (Å²) in [7, 11) is 2.07. The molecule has 1 fully saturated rings. The predicted molar refractivity (Wildman–Crippen MR) is 123 cm³/mol. The van der Waals surface area contributed by atoms with Gasteiger partial charge < -0.3 is 9.92 Å². The van der Waals surface area contributed by atoms with Crippen molar-refractivity contribution in [3.63, 3.8) is 0 Å². The monoisotopic (exact) mass is 388 g/mol. The topological polar surface area (TPSA) is 53.7 Å². The Hall–Kier alpha value is -2.27. The molecule has 150 valence electrons. The number of aryl methyl sites for hydroxylation is 1. The Morgan fingerprint density at radius 3 is 2.66 bits per heavy atom. The maximum atomic E-state index is 9.93. The first-order valence-electron chi connectivity index (χ1n) is 10.8. The lowest BCUT2D eigenvalue weighted by atomic mass is 9.57. The molecule has 1 N–H and O–H groups in total. The van der Waals surface area contributed by atoms with Crippen LogP contribution in [0.25, 0.3) is 5.65 Å². The van der Waals surface area contributed by atoms with Crippen LogP contribution in [0.4, 0.5) is 5.82 Å². The van der Waals surface area contributed by atoms with Gasteiger partial charge >= 0.3 is 0 Å². The van der Waals surface area contributed by atoms with E-state index in [0.717, 1.165) is 61.2 Å². The van der Waals surface area contributed by atoms with E-state index < -0.39 is 0 Å². The fraction of sp³-hybridized carbons (Fsp3) is 0.455. The SMILES string of the molecule is Bc1cnn2c(N(CC3CCC(O)CC3)B(C)Cc3ccccc3)cc(C)nc12. The summed E-state index contributed by atoms with van der Waals surface area (Å²) in [5, 5.41) is 14.6. The van der Waals surface area contributed by atoms with E-state index in [1.165, 1.54) is 5.56 Å². The second-order valence-corrected chi connectivity index (χ2v) is 8.68. The van der Waals surface area contributed by atoms with Gasteiger partial charge in [0.25, 0.3) is 6.85 Å². The third-order valence-corrected chi connectivity index (χ3v) is 6.23. The lowest BCUT2D eigenvalue weighted by Crippen LogP contribution is -2.44. The number of benzene rings is 1. The molecule has 0 saturated heterocycles. The average Bonchev–Trinajstić information content (AvgIpc) is 3.08. The fourth-order valence-electron chi connectivity index (χ4n) is 4.55. The van der Waals surface area contributed by atoms with Crippen molar-refractivity contribution in [1.29, 1.82) is 0 Å². The summed E-state index contributed by atoms with van der Waals surface area (Å²) in [5.74, 6) is 1.71. The van der Waals surface area contributed by atoms with Crippen LogP contribution in [-0.4, -0.2) is 47.0 Å². The average molecular weight is 388 g/mol. The highest BCUT2D eigenvalue weighted by molar-refractivity contribution is 6.61. The van der Waals surface area contributed by atoms with Crippen LogP contribution >= 0.6 is 0 Å². The number of aliphatic hydroxyl groups is 1. The van der Waals surface area contributed by atoms with Crippen molar-refractivity contribution in [3.05, 3.63) is 53.9 Å². The van der Waals surface area contributed by atoms with Gasteiger partial charge in [-0.15, -0.1) is 0 Å². The summed E-state index contributed by atoms with van der Waals surface area (Å²) in [4.78, 5) is 7.24. The van der Waals surface area contributed by atoms with Crippen LogP contribution in [0.1, 0.15) is 36.9 Å². The lowest BCUT2D eigenvalue weighted by Gasteiger charge is -2.36. The third kappa shape index (κ3) is 4.50. The van der Waals surface area contributed by atoms with E-state index in [2.05, 4.69) is 67.9 Å². The minimum Gasteiger partial charge on any atom is -0.400 e. The number of hydrogen-bond acceptors (Lipinski definition) is 4. The molecule has 0 unspecified atom stereocenters. The first kappa shape index (κ1) is 20.0. The first-order valence-corrected chi connectivity index (χ1v) is 10.8. The summed E-state index contributed by atoms with van der Waals surface area (Å²) in [6.07, 6.45) is 6.77. The number of rotatable bonds is 6. The molecule has 1 aromatic carbocycles. The normalized spacial score (nSPS) is 19.4. The highest BCUT2D eigenvalue weighted by atomic mass is 16.3. The molecule has 3 aromatic rings. The van der Waals surface area contributed by atoms with Crippen molar-refractivity contribution in [2.75, 3.05) is 11.4 Å². The minimum atomic E-state index is -0.120. The first-order chi connectivity index (χ1) is 14.0. The molecule has 1 aliphatic rings. The number of fused-ring (bicyclic) bond motifs is 1. The minimum absolute atomic E-state index is 0.120. The highest BCUT2D eigenvalue weighted by Gasteiger charge is 2.28. The van der Waals surface area contributed by atoms with Crippen molar-refractivity contribution in [2.45, 2.75) is 51.9 Å². The molecule has 2 aromatic heterocycles. The maximum Gasteiger partial charge on any atom is 0.257 e. The molecule has 7 heteroatoms. The predicted octanol–water partition coefficient (Wildman–Crippen LogP) is 2.06. The van der Waals surface area contributed by atoms with Crippen molar-refractivity contribution in [3.8, 4) is 0 Å². The van der Waals surface area contributed by atoms with Crippen LogP contribution in [0.15, 0.2) is 42.6 Å². The summed E-state index contributed by atoms with van der Waals surface area (Å²) in [6.45, 7) is 5.69. The maximum absolute atomic E-state index is 9.93. The zero-order valence-electron chi connectivity index (χ0n) is 17.8. The van der Waals surface area contributed by atoms with Crippen LogP contribution in [-0.2, 0) is 6.32 Å². The van der Waals surface area contributed by atoms with Crippen LogP contribution in [0.2, 0.25) is 6.82 Å². The second-order valence-electron chi connectivity index (χ2n) is 8.68. The molecule has 5 nitrogen and oxygen atoms in total. The van der Waals surface area contributed by atoms with Gasteiger partial charge in [-0.2, -0.15) is 5.10 Å². The number of aromatic nitrogens is 3. The molecule has 1 saturated carbocycles. The molecule has 0 amide bonds. The van der Waals surface area contributed by atoms with E-state index in [1.54, 1.807) is 0 Å². The van der Waals surface area contributed by atoms with Gasteiger partial charge in [-0.3, -0.25) is 0 Å². The zero-order valence-corrected chi connectivity index (χ0v) is 17.8. The Kier molecular flexibility index (Phi) is 5.95. The molecule has 0 radical (unpaired) electrons. The Balaban J connectivity index is 1.68. The number of hydrogen-bond donors (Lipinski definition) is 1. The van der Waals surface area contributed by atoms with Crippen molar-refractivity contribution >= 4 is 31.6 Å². The molecule has 0 spiro atoms. The van der Waals surface area contributed by atoms with E-state index in [9.17, 15) is 5.11 Å². The van der Waals surface area contributed by atoms with Gasteiger partial charge in [-0.05, 0) is 50.3 Å². The molecular formula is C22H30B2N4O. The van der Waals surface area contributed by atoms with Crippen LogP contribution in [0, 0.1) is 12.8 Å². The number of nitrogens with zero attached hydrogens (tertiary/aromatic N) is 4. The number of anilines is 1. The standard InChI is InChI=1S/C22H30B2N4O/c1-16-12-21(28-22(26-16)20(23)14-25-28)27(15-18-8-10-19(29)11-9-18)24(2)13-17-6-4-3-5-7-17/h3-7,12,14,18-19,29H,8-11,13,15,23H2,1-2H3. The van der Waals surface area contributed by atoms with Gasteiger partial charge in [-0.1, -0.05) is 42.7 Å². The highest BCUT2D eigenvalue weighted by Crippen LogP contribution is 2.28. The van der Waals surface area contributed by atoms with Crippen LogP contribution in [0.5, 0.6) is 0 Å². The van der Waals surface area contributed by atoms with Gasteiger partial charge in [0.1, 0.15) is 13.7 Å². The van der Waals surface area contributed by atoms with Gasteiger partial charge in [0.05, 0.1) is 6.10 Å². The Morgan fingerprint density at radius 2 is 1.93 bits per heavy atom. The van der Waals surface area contributed by atoms with Gasteiger partial charge in [0.15, 0.2) is 5.65 Å². The van der Waals surface area contributed by atoms with E-state index >= 15 is 0 Å². The summed E-state index contributed by atoms with van der Waals surface area (Å²) >= 11 is 0. The van der Waals surface area contributed by atoms with Crippen LogP contribution in [0.3, 0.4) is 0 Å². The third-order valence-electron chi connectivity index (χ3n) is 6.23. The fourth-order valence-corrected chi connectivity index (χ4v) is 4.55. The van der Waals surface area contributed by atoms with Gasteiger partial charge in [-0.25, -0.2) is 9.50 Å². The second kappa shape index (κ2) is 8.62. The van der Waals surface area contributed by atoms with Crippen molar-refractivity contribution in [1.82, 2.24) is 14.6 Å². The Bertz CT molecular complexity index is 954. The zero-order chi connectivity index (χ0) is 20.4. The molecule has 4 rings (SSSR count). The molecular weight excluding hydrogens is 358 g/mol. The summed E-state index contributed by atoms with van der Waals surface area (Å²) in [6, 6.07) is 12.9. The smallest absolute Gasteiger partial charge is 0.257 e. The molecule has 1 aliphatic carbocycles.